The Morgan fingerprint density at radius 2 is 2.00 bits per heavy atom. The number of nitrogens with zero attached hydrogens (tertiary/aromatic N) is 2. The monoisotopic (exact) mass is 227 g/mol. The number of piperazine rings is 1. The number of hydrogen-bond donors (Lipinski definition) is 1. The van der Waals surface area contributed by atoms with Gasteiger partial charge in [-0.3, -0.25) is 4.90 Å². The molecule has 0 saturated carbocycles. The van der Waals surface area contributed by atoms with Crippen molar-refractivity contribution in [3.8, 4) is 0 Å². The molecule has 1 aliphatic rings. The van der Waals surface area contributed by atoms with Gasteiger partial charge in [0.2, 0.25) is 0 Å². The van der Waals surface area contributed by atoms with E-state index in [-0.39, 0.29) is 0 Å². The molecule has 3 nitrogen and oxygen atoms in total. The summed E-state index contributed by atoms with van der Waals surface area (Å²) in [6.07, 6.45) is 0. The van der Waals surface area contributed by atoms with Crippen LogP contribution in [0.2, 0.25) is 0 Å². The van der Waals surface area contributed by atoms with Crippen molar-refractivity contribution in [3.63, 3.8) is 0 Å². The van der Waals surface area contributed by atoms with E-state index < -0.39 is 0 Å². The molecule has 1 N–H and O–H groups in total. The Bertz CT molecular complexity index is 215. The highest BCUT2D eigenvalue weighted by molar-refractivity contribution is 4.86. The van der Waals surface area contributed by atoms with Crippen molar-refractivity contribution < 1.29 is 0 Å². The van der Waals surface area contributed by atoms with E-state index in [1.165, 1.54) is 26.2 Å². The summed E-state index contributed by atoms with van der Waals surface area (Å²) in [5.41, 5.74) is 0.338. The van der Waals surface area contributed by atoms with Crippen LogP contribution >= 0.6 is 0 Å². The van der Waals surface area contributed by atoms with Crippen molar-refractivity contribution in [1.82, 2.24) is 15.1 Å². The van der Waals surface area contributed by atoms with Crippen molar-refractivity contribution in [3.05, 3.63) is 0 Å². The summed E-state index contributed by atoms with van der Waals surface area (Å²) in [5, 5.41) is 3.38. The first-order valence-electron chi connectivity index (χ1n) is 6.46. The highest BCUT2D eigenvalue weighted by atomic mass is 15.3. The summed E-state index contributed by atoms with van der Waals surface area (Å²) in [7, 11) is 4.28. The second-order valence-electron chi connectivity index (χ2n) is 6.06. The predicted octanol–water partition coefficient (Wildman–Crippen LogP) is 1.26. The number of likely N-dealkylation sites (N-methyl/N-ethyl adjacent to an activating group) is 1. The van der Waals surface area contributed by atoms with Crippen LogP contribution in [-0.4, -0.2) is 62.2 Å². The van der Waals surface area contributed by atoms with Gasteiger partial charge in [0.1, 0.15) is 0 Å². The Morgan fingerprint density at radius 1 is 1.38 bits per heavy atom. The number of hydrogen-bond acceptors (Lipinski definition) is 3. The van der Waals surface area contributed by atoms with Crippen LogP contribution in [0.3, 0.4) is 0 Å². The molecule has 0 amide bonds. The van der Waals surface area contributed by atoms with Crippen molar-refractivity contribution in [2.24, 2.45) is 5.41 Å². The largest absolute Gasteiger partial charge is 0.317 e. The molecule has 0 bridgehead atoms. The minimum Gasteiger partial charge on any atom is -0.317 e. The zero-order chi connectivity index (χ0) is 12.3. The van der Waals surface area contributed by atoms with Gasteiger partial charge in [-0.05, 0) is 33.4 Å². The predicted molar refractivity (Wildman–Crippen MR) is 70.8 cm³/mol. The summed E-state index contributed by atoms with van der Waals surface area (Å²) in [6.45, 7) is 14.1. The van der Waals surface area contributed by atoms with Crippen LogP contribution < -0.4 is 5.32 Å². The van der Waals surface area contributed by atoms with Crippen LogP contribution in [0.25, 0.3) is 0 Å². The lowest BCUT2D eigenvalue weighted by Gasteiger charge is -2.43. The average Bonchev–Trinajstić information content (AvgIpc) is 2.22. The maximum absolute atomic E-state index is 3.38. The molecule has 0 aromatic heterocycles. The Kier molecular flexibility index (Phi) is 4.77. The van der Waals surface area contributed by atoms with Gasteiger partial charge < -0.3 is 10.2 Å². The third-order valence-corrected chi connectivity index (χ3v) is 4.28. The molecule has 1 rings (SSSR count). The van der Waals surface area contributed by atoms with E-state index in [4.69, 9.17) is 0 Å². The van der Waals surface area contributed by atoms with Crippen LogP contribution in [0.4, 0.5) is 0 Å². The summed E-state index contributed by atoms with van der Waals surface area (Å²) in [5.74, 6) is 0. The zero-order valence-electron chi connectivity index (χ0n) is 11.9. The van der Waals surface area contributed by atoms with Crippen molar-refractivity contribution in [1.29, 1.82) is 0 Å². The minimum atomic E-state index is 0.338. The second-order valence-corrected chi connectivity index (χ2v) is 6.06. The van der Waals surface area contributed by atoms with Crippen LogP contribution in [0.1, 0.15) is 27.7 Å². The van der Waals surface area contributed by atoms with Gasteiger partial charge in [0.05, 0.1) is 0 Å². The van der Waals surface area contributed by atoms with Gasteiger partial charge in [-0.15, -0.1) is 0 Å². The first kappa shape index (κ1) is 13.9. The Balaban J connectivity index is 2.48. The summed E-state index contributed by atoms with van der Waals surface area (Å²) in [4.78, 5) is 5.06. The van der Waals surface area contributed by atoms with E-state index in [2.05, 4.69) is 56.9 Å². The van der Waals surface area contributed by atoms with E-state index in [9.17, 15) is 0 Å². The highest BCUT2D eigenvalue weighted by Crippen LogP contribution is 2.23. The van der Waals surface area contributed by atoms with E-state index in [0.717, 1.165) is 0 Å². The highest BCUT2D eigenvalue weighted by Gasteiger charge is 2.30. The van der Waals surface area contributed by atoms with Gasteiger partial charge in [0.25, 0.3) is 0 Å². The summed E-state index contributed by atoms with van der Waals surface area (Å²) < 4.78 is 0. The van der Waals surface area contributed by atoms with Gasteiger partial charge in [0, 0.05) is 38.3 Å². The Hall–Kier alpha value is -0.120. The zero-order valence-corrected chi connectivity index (χ0v) is 11.9. The maximum atomic E-state index is 3.38. The molecule has 0 aromatic rings. The van der Waals surface area contributed by atoms with Crippen LogP contribution in [0.15, 0.2) is 0 Å². The molecule has 1 fully saturated rings. The molecule has 2 unspecified atom stereocenters. The Morgan fingerprint density at radius 3 is 2.50 bits per heavy atom. The molecular formula is C13H29N3. The van der Waals surface area contributed by atoms with E-state index in [1.807, 2.05) is 0 Å². The summed E-state index contributed by atoms with van der Waals surface area (Å²) in [6, 6.07) is 1.25. The Labute approximate surface area is 101 Å². The van der Waals surface area contributed by atoms with Gasteiger partial charge in [-0.25, -0.2) is 0 Å². The van der Waals surface area contributed by atoms with Crippen molar-refractivity contribution in [2.45, 2.75) is 39.8 Å². The van der Waals surface area contributed by atoms with Crippen molar-refractivity contribution >= 4 is 0 Å². The molecule has 3 heteroatoms. The van der Waals surface area contributed by atoms with Gasteiger partial charge >= 0.3 is 0 Å². The normalized spacial score (nSPS) is 27.0. The minimum absolute atomic E-state index is 0.338. The van der Waals surface area contributed by atoms with Crippen LogP contribution in [0, 0.1) is 5.41 Å². The average molecular weight is 227 g/mol. The van der Waals surface area contributed by atoms with Gasteiger partial charge in [-0.1, -0.05) is 13.8 Å². The molecule has 1 saturated heterocycles. The summed E-state index contributed by atoms with van der Waals surface area (Å²) >= 11 is 0. The van der Waals surface area contributed by atoms with Crippen LogP contribution in [0.5, 0.6) is 0 Å². The van der Waals surface area contributed by atoms with E-state index in [1.54, 1.807) is 0 Å². The smallest absolute Gasteiger partial charge is 0.0192 e. The van der Waals surface area contributed by atoms with Crippen LogP contribution in [-0.2, 0) is 0 Å². The first-order chi connectivity index (χ1) is 7.36. The SMILES string of the molecule is CNC(C)C(C)(C)CN1CCN(C)C(C)C1. The van der Waals surface area contributed by atoms with Crippen molar-refractivity contribution in [2.75, 3.05) is 40.3 Å². The fraction of sp³-hybridized carbons (Fsp3) is 1.00. The number of rotatable bonds is 4. The van der Waals surface area contributed by atoms with Gasteiger partial charge in [0.15, 0.2) is 0 Å². The fourth-order valence-electron chi connectivity index (χ4n) is 2.37. The van der Waals surface area contributed by atoms with Gasteiger partial charge in [-0.2, -0.15) is 0 Å². The lowest BCUT2D eigenvalue weighted by Crippen LogP contribution is -2.54. The number of nitrogens with one attached hydrogen (secondary N) is 1. The molecule has 96 valence electrons. The third kappa shape index (κ3) is 3.44. The molecule has 0 spiro atoms. The molecule has 1 heterocycles. The molecule has 2 atom stereocenters. The molecule has 0 aromatic carbocycles. The lowest BCUT2D eigenvalue weighted by atomic mass is 9.84. The molecule has 1 aliphatic heterocycles. The molecular weight excluding hydrogens is 198 g/mol. The quantitative estimate of drug-likeness (QED) is 0.780. The second kappa shape index (κ2) is 5.48. The maximum Gasteiger partial charge on any atom is 0.0192 e. The third-order valence-electron chi connectivity index (χ3n) is 4.28. The molecule has 0 radical (unpaired) electrons. The topological polar surface area (TPSA) is 18.5 Å². The van der Waals surface area contributed by atoms with E-state index >= 15 is 0 Å². The fourth-order valence-corrected chi connectivity index (χ4v) is 2.37. The molecule has 16 heavy (non-hydrogen) atoms. The lowest BCUT2D eigenvalue weighted by molar-refractivity contribution is 0.0650. The molecule has 0 aliphatic carbocycles. The van der Waals surface area contributed by atoms with E-state index in [0.29, 0.717) is 17.5 Å². The standard InChI is InChI=1S/C13H29N3/c1-11-9-16(8-7-15(11)6)10-13(3,4)12(2)14-5/h11-12,14H,7-10H2,1-6H3. The first-order valence-corrected chi connectivity index (χ1v) is 6.46.